The molecule has 0 fully saturated rings. The van der Waals surface area contributed by atoms with Gasteiger partial charge in [-0.15, -0.1) is 0 Å². The molecule has 2 amide bonds. The van der Waals surface area contributed by atoms with E-state index in [1.54, 1.807) is 6.07 Å². The number of anilines is 1. The van der Waals surface area contributed by atoms with E-state index in [4.69, 9.17) is 9.57 Å². The molecule has 100 valence electrons. The summed E-state index contributed by atoms with van der Waals surface area (Å²) >= 11 is 0. The predicted octanol–water partition coefficient (Wildman–Crippen LogP) is 2.64. The predicted molar refractivity (Wildman–Crippen MR) is 66.0 cm³/mol. The average molecular weight is 256 g/mol. The van der Waals surface area contributed by atoms with Crippen molar-refractivity contribution >= 4 is 11.7 Å². The van der Waals surface area contributed by atoms with Crippen molar-refractivity contribution in [2.45, 2.75) is 13.3 Å². The minimum Gasteiger partial charge on any atom is -0.491 e. The highest BCUT2D eigenvalue weighted by Gasteiger charge is 2.10. The topological polar surface area (TPSA) is 50.8 Å². The molecule has 0 atom stereocenters. The average Bonchev–Trinajstić information content (AvgIpc) is 2.36. The van der Waals surface area contributed by atoms with Crippen molar-refractivity contribution in [3.63, 3.8) is 0 Å². The maximum atomic E-state index is 13.6. The number of ether oxygens (including phenoxy) is 1. The first-order valence-electron chi connectivity index (χ1n) is 5.59. The summed E-state index contributed by atoms with van der Waals surface area (Å²) in [5.41, 5.74) is 0.338. The number of urea groups is 1. The molecule has 5 nitrogen and oxygen atoms in total. The minimum absolute atomic E-state index is 0.176. The van der Waals surface area contributed by atoms with E-state index in [1.807, 2.05) is 6.92 Å². The standard InChI is InChI=1S/C12H17FN2O3/c1-4-7-18-11-6-5-9(8-10(11)13)14-12(16)15(2)17-3/h5-6,8H,4,7H2,1-3H3,(H,14,16). The van der Waals surface area contributed by atoms with Gasteiger partial charge in [-0.05, 0) is 18.6 Å². The zero-order valence-corrected chi connectivity index (χ0v) is 10.7. The van der Waals surface area contributed by atoms with Crippen LogP contribution in [0.15, 0.2) is 18.2 Å². The Morgan fingerprint density at radius 3 is 2.78 bits per heavy atom. The molecule has 18 heavy (non-hydrogen) atoms. The molecule has 0 aliphatic heterocycles. The van der Waals surface area contributed by atoms with Crippen LogP contribution in [0, 0.1) is 5.82 Å². The zero-order valence-electron chi connectivity index (χ0n) is 10.7. The van der Waals surface area contributed by atoms with Gasteiger partial charge in [0.05, 0.1) is 13.7 Å². The number of nitrogens with zero attached hydrogens (tertiary/aromatic N) is 1. The lowest BCUT2D eigenvalue weighted by Gasteiger charge is -2.15. The number of carbonyl (C=O) groups is 1. The van der Waals surface area contributed by atoms with Gasteiger partial charge in [-0.2, -0.15) is 0 Å². The summed E-state index contributed by atoms with van der Waals surface area (Å²) in [6.45, 7) is 2.39. The monoisotopic (exact) mass is 256 g/mol. The quantitative estimate of drug-likeness (QED) is 0.824. The van der Waals surface area contributed by atoms with Crippen molar-refractivity contribution in [1.82, 2.24) is 5.06 Å². The van der Waals surface area contributed by atoms with Crippen molar-refractivity contribution in [3.05, 3.63) is 24.0 Å². The second kappa shape index (κ2) is 6.80. The van der Waals surface area contributed by atoms with Crippen LogP contribution in [0.4, 0.5) is 14.9 Å². The molecule has 0 saturated carbocycles. The number of rotatable bonds is 5. The Hall–Kier alpha value is -1.82. The second-order valence-corrected chi connectivity index (χ2v) is 3.60. The van der Waals surface area contributed by atoms with Gasteiger partial charge in [0.15, 0.2) is 11.6 Å². The summed E-state index contributed by atoms with van der Waals surface area (Å²) < 4.78 is 18.8. The largest absolute Gasteiger partial charge is 0.491 e. The van der Waals surface area contributed by atoms with E-state index in [-0.39, 0.29) is 5.75 Å². The third kappa shape index (κ3) is 3.89. The molecule has 1 aromatic rings. The molecule has 0 unspecified atom stereocenters. The van der Waals surface area contributed by atoms with Crippen molar-refractivity contribution in [2.24, 2.45) is 0 Å². The van der Waals surface area contributed by atoms with Crippen LogP contribution in [0.1, 0.15) is 13.3 Å². The van der Waals surface area contributed by atoms with Crippen molar-refractivity contribution in [1.29, 1.82) is 0 Å². The number of carbonyl (C=O) groups excluding carboxylic acids is 1. The number of benzene rings is 1. The van der Waals surface area contributed by atoms with Crippen molar-refractivity contribution < 1.29 is 18.8 Å². The molecular weight excluding hydrogens is 239 g/mol. The van der Waals surface area contributed by atoms with Crippen LogP contribution in [-0.4, -0.2) is 31.9 Å². The van der Waals surface area contributed by atoms with Gasteiger partial charge in [0.2, 0.25) is 0 Å². The molecule has 1 aromatic carbocycles. The van der Waals surface area contributed by atoms with E-state index < -0.39 is 11.8 Å². The lowest BCUT2D eigenvalue weighted by Crippen LogP contribution is -2.30. The first-order valence-corrected chi connectivity index (χ1v) is 5.59. The molecule has 6 heteroatoms. The van der Waals surface area contributed by atoms with Gasteiger partial charge in [0.1, 0.15) is 0 Å². The summed E-state index contributed by atoms with van der Waals surface area (Å²) in [5.74, 6) is -0.337. The molecule has 0 radical (unpaired) electrons. The fourth-order valence-electron chi connectivity index (χ4n) is 1.19. The van der Waals surface area contributed by atoms with Gasteiger partial charge in [-0.25, -0.2) is 14.2 Å². The van der Waals surface area contributed by atoms with Gasteiger partial charge < -0.3 is 10.1 Å². The minimum atomic E-state index is -0.513. The highest BCUT2D eigenvalue weighted by molar-refractivity contribution is 5.88. The lowest BCUT2D eigenvalue weighted by atomic mass is 10.3. The summed E-state index contributed by atoms with van der Waals surface area (Å²) in [6, 6.07) is 3.76. The van der Waals surface area contributed by atoms with Crippen LogP contribution < -0.4 is 10.1 Å². The highest BCUT2D eigenvalue weighted by atomic mass is 19.1. The first-order chi connectivity index (χ1) is 8.58. The molecule has 0 bridgehead atoms. The SMILES string of the molecule is CCCOc1ccc(NC(=O)N(C)OC)cc1F. The van der Waals surface area contributed by atoms with Crippen LogP contribution >= 0.6 is 0 Å². The Kier molecular flexibility index (Phi) is 5.38. The van der Waals surface area contributed by atoms with E-state index in [0.717, 1.165) is 11.5 Å². The highest BCUT2D eigenvalue weighted by Crippen LogP contribution is 2.21. The maximum absolute atomic E-state index is 13.6. The van der Waals surface area contributed by atoms with E-state index in [1.165, 1.54) is 26.3 Å². The molecular formula is C12H17FN2O3. The van der Waals surface area contributed by atoms with Crippen LogP contribution in [-0.2, 0) is 4.84 Å². The van der Waals surface area contributed by atoms with Gasteiger partial charge >= 0.3 is 6.03 Å². The number of halogens is 1. The molecule has 1 N–H and O–H groups in total. The summed E-state index contributed by atoms with van der Waals surface area (Å²) in [7, 11) is 2.81. The van der Waals surface area contributed by atoms with Crippen LogP contribution in [0.5, 0.6) is 5.75 Å². The Morgan fingerprint density at radius 2 is 2.22 bits per heavy atom. The van der Waals surface area contributed by atoms with Crippen molar-refractivity contribution in [3.8, 4) is 5.75 Å². The summed E-state index contributed by atoms with van der Waals surface area (Å²) in [6.07, 6.45) is 0.802. The number of hydroxylamine groups is 2. The molecule has 0 aliphatic carbocycles. The smallest absolute Gasteiger partial charge is 0.345 e. The number of hydrogen-bond donors (Lipinski definition) is 1. The van der Waals surface area contributed by atoms with Gasteiger partial charge in [0, 0.05) is 18.8 Å². The summed E-state index contributed by atoms with van der Waals surface area (Å²) in [4.78, 5) is 16.1. The van der Waals surface area contributed by atoms with Gasteiger partial charge in [-0.1, -0.05) is 6.92 Å². The van der Waals surface area contributed by atoms with E-state index in [9.17, 15) is 9.18 Å². The fourth-order valence-corrected chi connectivity index (χ4v) is 1.19. The molecule has 0 aromatic heterocycles. The van der Waals surface area contributed by atoms with Crippen LogP contribution in [0.25, 0.3) is 0 Å². The second-order valence-electron chi connectivity index (χ2n) is 3.60. The molecule has 0 saturated heterocycles. The normalized spacial score (nSPS) is 10.0. The van der Waals surface area contributed by atoms with Gasteiger partial charge in [0.25, 0.3) is 0 Å². The number of amides is 2. The molecule has 0 spiro atoms. The van der Waals surface area contributed by atoms with E-state index in [0.29, 0.717) is 12.3 Å². The Morgan fingerprint density at radius 1 is 1.50 bits per heavy atom. The fraction of sp³-hybridized carbons (Fsp3) is 0.417. The molecule has 1 rings (SSSR count). The van der Waals surface area contributed by atoms with Crippen LogP contribution in [0.3, 0.4) is 0 Å². The number of hydrogen-bond acceptors (Lipinski definition) is 3. The van der Waals surface area contributed by atoms with Crippen molar-refractivity contribution in [2.75, 3.05) is 26.1 Å². The van der Waals surface area contributed by atoms with Crippen LogP contribution in [0.2, 0.25) is 0 Å². The van der Waals surface area contributed by atoms with E-state index >= 15 is 0 Å². The third-order valence-corrected chi connectivity index (χ3v) is 2.20. The Bertz CT molecular complexity index is 412. The maximum Gasteiger partial charge on any atom is 0.345 e. The Balaban J connectivity index is 2.69. The zero-order chi connectivity index (χ0) is 13.5. The van der Waals surface area contributed by atoms with E-state index in [2.05, 4.69) is 5.32 Å². The van der Waals surface area contributed by atoms with Gasteiger partial charge in [-0.3, -0.25) is 4.84 Å². The lowest BCUT2D eigenvalue weighted by molar-refractivity contribution is -0.0598. The first kappa shape index (κ1) is 14.2. The third-order valence-electron chi connectivity index (χ3n) is 2.20. The number of nitrogens with one attached hydrogen (secondary N) is 1. The summed E-state index contributed by atoms with van der Waals surface area (Å²) in [5, 5.41) is 3.48. The Labute approximate surface area is 105 Å². The molecule has 0 aliphatic rings. The molecule has 0 heterocycles.